The molecule has 0 saturated carbocycles. The fourth-order valence-electron chi connectivity index (χ4n) is 6.98. The monoisotopic (exact) mass is 602 g/mol. The smallest absolute Gasteiger partial charge is 0.251 e. The molecule has 4 aromatic carbocycles. The molecule has 4 aromatic rings. The Hall–Kier alpha value is -4.00. The molecule has 2 aliphatic heterocycles. The zero-order chi connectivity index (χ0) is 30.8. The van der Waals surface area contributed by atoms with Gasteiger partial charge in [0.05, 0.1) is 6.04 Å². The van der Waals surface area contributed by atoms with E-state index < -0.39 is 0 Å². The van der Waals surface area contributed by atoms with Gasteiger partial charge in [0.15, 0.2) is 0 Å². The highest BCUT2D eigenvalue weighted by molar-refractivity contribution is 5.98. The summed E-state index contributed by atoms with van der Waals surface area (Å²) in [7, 11) is 0. The second kappa shape index (κ2) is 15.3. The summed E-state index contributed by atoms with van der Waals surface area (Å²) < 4.78 is 0. The van der Waals surface area contributed by atoms with Crippen LogP contribution in [0.1, 0.15) is 65.9 Å². The molecule has 2 saturated heterocycles. The number of nitrogens with zero attached hydrogens (tertiary/aromatic N) is 2. The number of carbonyl (C=O) groups is 2. The minimum atomic E-state index is -0.271. The summed E-state index contributed by atoms with van der Waals surface area (Å²) in [6, 6.07) is 34.7. The normalized spacial score (nSPS) is 19.5. The number of likely N-dealkylation sites (tertiary alicyclic amines) is 1. The van der Waals surface area contributed by atoms with Crippen LogP contribution in [-0.2, 0) is 4.79 Å². The summed E-state index contributed by atoms with van der Waals surface area (Å²) in [5, 5.41) is 9.05. The molecule has 0 unspecified atom stereocenters. The van der Waals surface area contributed by atoms with Gasteiger partial charge in [-0.2, -0.15) is 0 Å². The minimum absolute atomic E-state index is 0.00948. The third-order valence-corrected chi connectivity index (χ3v) is 9.54. The first-order chi connectivity index (χ1) is 22.1. The highest BCUT2D eigenvalue weighted by Gasteiger charge is 2.32. The fraction of sp³-hybridized carbons (Fsp3) is 0.385. The summed E-state index contributed by atoms with van der Waals surface area (Å²) in [4.78, 5) is 32.1. The van der Waals surface area contributed by atoms with E-state index in [2.05, 4.69) is 75.0 Å². The predicted octanol–water partition coefficient (Wildman–Crippen LogP) is 6.23. The first kappa shape index (κ1) is 31.0. The van der Waals surface area contributed by atoms with Gasteiger partial charge in [0.25, 0.3) is 5.91 Å². The van der Waals surface area contributed by atoms with Crippen LogP contribution in [0.15, 0.2) is 103 Å². The van der Waals surface area contributed by atoms with Gasteiger partial charge in [-0.05, 0) is 85.8 Å². The second-order valence-electron chi connectivity index (χ2n) is 12.7. The van der Waals surface area contributed by atoms with E-state index in [4.69, 9.17) is 0 Å². The maximum Gasteiger partial charge on any atom is 0.251 e. The number of hydrogen-bond acceptors (Lipinski definition) is 4. The molecule has 2 aliphatic rings. The molecule has 2 atom stereocenters. The van der Waals surface area contributed by atoms with Crippen molar-refractivity contribution < 1.29 is 9.59 Å². The molecule has 0 bridgehead atoms. The summed E-state index contributed by atoms with van der Waals surface area (Å²) >= 11 is 0. The Balaban J connectivity index is 1.16. The first-order valence-corrected chi connectivity index (χ1v) is 16.8. The SMILES string of the molecule is O=C(NC[C@@H]1CCN(CC(c2ccccc2)c2ccccc2)C(=O)[C@H](CCCN2CCCCC2)N1)c1ccc2ccccc2c1. The molecule has 2 amide bonds. The van der Waals surface area contributed by atoms with E-state index in [1.54, 1.807) is 0 Å². The highest BCUT2D eigenvalue weighted by Crippen LogP contribution is 2.27. The Bertz CT molecular complexity index is 1500. The van der Waals surface area contributed by atoms with Crippen molar-refractivity contribution in [3.63, 3.8) is 0 Å². The zero-order valence-corrected chi connectivity index (χ0v) is 26.2. The van der Waals surface area contributed by atoms with Crippen LogP contribution in [0, 0.1) is 0 Å². The fourth-order valence-corrected chi connectivity index (χ4v) is 6.98. The van der Waals surface area contributed by atoms with Crippen LogP contribution in [0.3, 0.4) is 0 Å². The van der Waals surface area contributed by atoms with Gasteiger partial charge >= 0.3 is 0 Å². The van der Waals surface area contributed by atoms with Crippen LogP contribution >= 0.6 is 0 Å². The maximum atomic E-state index is 14.2. The molecule has 0 radical (unpaired) electrons. The zero-order valence-electron chi connectivity index (χ0n) is 26.2. The Morgan fingerprint density at radius 1 is 0.800 bits per heavy atom. The van der Waals surface area contributed by atoms with E-state index >= 15 is 0 Å². The molecule has 6 heteroatoms. The third-order valence-electron chi connectivity index (χ3n) is 9.54. The summed E-state index contributed by atoms with van der Waals surface area (Å²) in [5.74, 6) is 0.188. The van der Waals surface area contributed by atoms with Gasteiger partial charge in [-0.25, -0.2) is 0 Å². The summed E-state index contributed by atoms with van der Waals surface area (Å²) in [6.07, 6.45) is 6.42. The molecule has 0 aliphatic carbocycles. The lowest BCUT2D eigenvalue weighted by Crippen LogP contribution is -2.49. The third kappa shape index (κ3) is 8.19. The molecule has 2 heterocycles. The molecule has 234 valence electrons. The summed E-state index contributed by atoms with van der Waals surface area (Å²) in [6.45, 7) is 5.13. The molecule has 0 spiro atoms. The quantitative estimate of drug-likeness (QED) is 0.214. The average Bonchev–Trinajstić information content (AvgIpc) is 3.24. The van der Waals surface area contributed by atoms with Crippen LogP contribution in [0.25, 0.3) is 10.8 Å². The Labute approximate surface area is 267 Å². The van der Waals surface area contributed by atoms with Crippen molar-refractivity contribution in [3.05, 3.63) is 120 Å². The van der Waals surface area contributed by atoms with Crippen LogP contribution in [0.4, 0.5) is 0 Å². The minimum Gasteiger partial charge on any atom is -0.350 e. The predicted molar refractivity (Wildman–Crippen MR) is 182 cm³/mol. The highest BCUT2D eigenvalue weighted by atomic mass is 16.2. The van der Waals surface area contributed by atoms with Crippen LogP contribution in [-0.4, -0.2) is 73.0 Å². The largest absolute Gasteiger partial charge is 0.350 e. The van der Waals surface area contributed by atoms with E-state index in [0.717, 1.165) is 49.7 Å². The molecule has 0 aromatic heterocycles. The van der Waals surface area contributed by atoms with Crippen LogP contribution in [0.5, 0.6) is 0 Å². The van der Waals surface area contributed by atoms with Gasteiger partial charge in [-0.1, -0.05) is 97.4 Å². The van der Waals surface area contributed by atoms with E-state index in [1.165, 1.54) is 30.4 Å². The lowest BCUT2D eigenvalue weighted by atomic mass is 9.90. The van der Waals surface area contributed by atoms with E-state index in [1.807, 2.05) is 48.5 Å². The number of fused-ring (bicyclic) bond motifs is 1. The molecule has 45 heavy (non-hydrogen) atoms. The number of benzene rings is 4. The van der Waals surface area contributed by atoms with Crippen LogP contribution < -0.4 is 10.6 Å². The van der Waals surface area contributed by atoms with Crippen LogP contribution in [0.2, 0.25) is 0 Å². The van der Waals surface area contributed by atoms with E-state index in [-0.39, 0.29) is 29.8 Å². The second-order valence-corrected chi connectivity index (χ2v) is 12.7. The Morgan fingerprint density at radius 3 is 2.18 bits per heavy atom. The van der Waals surface area contributed by atoms with E-state index in [9.17, 15) is 9.59 Å². The number of nitrogens with one attached hydrogen (secondary N) is 2. The number of amides is 2. The van der Waals surface area contributed by atoms with Crippen molar-refractivity contribution >= 4 is 22.6 Å². The maximum absolute atomic E-state index is 14.2. The molecule has 2 N–H and O–H groups in total. The molecule has 6 rings (SSSR count). The molecule has 2 fully saturated rings. The molecular formula is C39H46N4O2. The van der Waals surface area contributed by atoms with Crippen molar-refractivity contribution in [3.8, 4) is 0 Å². The number of carbonyl (C=O) groups excluding carboxylic acids is 2. The van der Waals surface area contributed by atoms with Crippen molar-refractivity contribution in [2.75, 3.05) is 39.3 Å². The molecular weight excluding hydrogens is 556 g/mol. The van der Waals surface area contributed by atoms with Crippen molar-refractivity contribution in [1.29, 1.82) is 0 Å². The first-order valence-electron chi connectivity index (χ1n) is 16.8. The van der Waals surface area contributed by atoms with Crippen molar-refractivity contribution in [2.45, 2.75) is 56.5 Å². The van der Waals surface area contributed by atoms with Crippen molar-refractivity contribution in [2.24, 2.45) is 0 Å². The Morgan fingerprint density at radius 2 is 1.47 bits per heavy atom. The van der Waals surface area contributed by atoms with Crippen molar-refractivity contribution in [1.82, 2.24) is 20.4 Å². The lowest BCUT2D eigenvalue weighted by molar-refractivity contribution is -0.133. The lowest BCUT2D eigenvalue weighted by Gasteiger charge is -2.30. The molecule has 6 nitrogen and oxygen atoms in total. The van der Waals surface area contributed by atoms with Gasteiger partial charge in [0.2, 0.25) is 5.91 Å². The number of hydrogen-bond donors (Lipinski definition) is 2. The van der Waals surface area contributed by atoms with Gasteiger partial charge in [0.1, 0.15) is 0 Å². The van der Waals surface area contributed by atoms with Gasteiger partial charge in [0, 0.05) is 37.2 Å². The van der Waals surface area contributed by atoms with E-state index in [0.29, 0.717) is 25.2 Å². The number of rotatable bonds is 11. The van der Waals surface area contributed by atoms with Gasteiger partial charge in [-0.3, -0.25) is 9.59 Å². The average molecular weight is 603 g/mol. The van der Waals surface area contributed by atoms with Gasteiger partial charge < -0.3 is 20.4 Å². The standard InChI is InChI=1S/C39H46N4O2/c44-38(34-21-20-30-13-8-9-18-33(30)27-34)40-28-35-22-26-43(39(45)37(41-35)19-12-25-42-23-10-3-11-24-42)29-36(31-14-4-1-5-15-31)32-16-6-2-7-17-32/h1-2,4-9,13-18,20-21,27,35-37,41H,3,10-12,19,22-26,28-29H2,(H,40,44)/t35-,37-/m0/s1. The summed E-state index contributed by atoms with van der Waals surface area (Å²) in [5.41, 5.74) is 3.09. The Kier molecular flexibility index (Phi) is 10.6. The van der Waals surface area contributed by atoms with Gasteiger partial charge in [-0.15, -0.1) is 0 Å². The topological polar surface area (TPSA) is 64.7 Å². The number of piperidine rings is 1.